The van der Waals surface area contributed by atoms with E-state index in [-0.39, 0.29) is 36.1 Å². The molecule has 1 aliphatic heterocycles. The van der Waals surface area contributed by atoms with E-state index in [0.29, 0.717) is 31.5 Å². The number of hydrogen-bond donors (Lipinski definition) is 1. The number of nitrogens with one attached hydrogen (secondary N) is 1. The number of carbonyl (C=O) groups is 2. The number of piperidine rings is 1. The Hall–Kier alpha value is -2.32. The predicted octanol–water partition coefficient (Wildman–Crippen LogP) is 2.29. The molecule has 2 amide bonds. The number of hydrogen-bond acceptors (Lipinski definition) is 4. The van der Waals surface area contributed by atoms with Crippen molar-refractivity contribution in [2.24, 2.45) is 11.8 Å². The average Bonchev–Trinajstić information content (AvgIpc) is 3.49. The van der Waals surface area contributed by atoms with E-state index in [9.17, 15) is 22.8 Å². The van der Waals surface area contributed by atoms with Crippen LogP contribution in [-0.2, 0) is 16.1 Å². The number of amides is 2. The molecule has 2 fully saturated rings. The van der Waals surface area contributed by atoms with Crippen molar-refractivity contribution in [3.05, 3.63) is 23.9 Å². The number of alkyl halides is 3. The van der Waals surface area contributed by atoms with Gasteiger partial charge in [0.05, 0.1) is 0 Å². The van der Waals surface area contributed by atoms with Crippen LogP contribution in [0.4, 0.5) is 13.2 Å². The fourth-order valence-electron chi connectivity index (χ4n) is 3.12. The van der Waals surface area contributed by atoms with Crippen molar-refractivity contribution in [1.29, 1.82) is 0 Å². The molecule has 2 heterocycles. The van der Waals surface area contributed by atoms with Gasteiger partial charge in [0.15, 0.2) is 6.61 Å². The summed E-state index contributed by atoms with van der Waals surface area (Å²) in [6.07, 6.45) is -0.0106. The number of rotatable bonds is 6. The molecule has 1 N–H and O–H groups in total. The Morgan fingerprint density at radius 3 is 2.52 bits per heavy atom. The summed E-state index contributed by atoms with van der Waals surface area (Å²) < 4.78 is 41.7. The zero-order valence-corrected chi connectivity index (χ0v) is 14.8. The standard InChI is InChI=1S/C18H22F3N3O3/c19-18(20,21)11-27-16-14(2-1-7-22-16)10-23-15(25)12-5-8-24(9-6-12)17(26)13-3-4-13/h1-2,7,12-13H,3-6,8-11H2,(H,23,25). The van der Waals surface area contributed by atoms with Crippen LogP contribution in [0.2, 0.25) is 0 Å². The molecule has 1 saturated carbocycles. The lowest BCUT2D eigenvalue weighted by Crippen LogP contribution is -2.43. The normalized spacial score (nSPS) is 18.3. The molecular weight excluding hydrogens is 363 g/mol. The Morgan fingerprint density at radius 1 is 1.19 bits per heavy atom. The highest BCUT2D eigenvalue weighted by Gasteiger charge is 2.36. The highest BCUT2D eigenvalue weighted by molar-refractivity contribution is 5.82. The smallest absolute Gasteiger partial charge is 0.422 e. The van der Waals surface area contributed by atoms with Crippen molar-refractivity contribution in [1.82, 2.24) is 15.2 Å². The van der Waals surface area contributed by atoms with Gasteiger partial charge in [-0.25, -0.2) is 4.98 Å². The molecule has 1 aromatic rings. The minimum absolute atomic E-state index is 0.0427. The van der Waals surface area contributed by atoms with Crippen molar-refractivity contribution in [3.8, 4) is 5.88 Å². The zero-order valence-electron chi connectivity index (χ0n) is 14.8. The van der Waals surface area contributed by atoms with Gasteiger partial charge < -0.3 is 15.0 Å². The first kappa shape index (κ1) is 19.4. The molecule has 27 heavy (non-hydrogen) atoms. The number of pyridine rings is 1. The van der Waals surface area contributed by atoms with Crippen LogP contribution >= 0.6 is 0 Å². The van der Waals surface area contributed by atoms with E-state index in [1.54, 1.807) is 12.1 Å². The third-order valence-corrected chi connectivity index (χ3v) is 4.78. The Kier molecular flexibility index (Phi) is 5.86. The van der Waals surface area contributed by atoms with E-state index < -0.39 is 12.8 Å². The summed E-state index contributed by atoms with van der Waals surface area (Å²) >= 11 is 0. The van der Waals surface area contributed by atoms with Gasteiger partial charge in [-0.15, -0.1) is 0 Å². The summed E-state index contributed by atoms with van der Waals surface area (Å²) in [5.74, 6) is -0.143. The van der Waals surface area contributed by atoms with Crippen LogP contribution in [0.1, 0.15) is 31.2 Å². The summed E-state index contributed by atoms with van der Waals surface area (Å²) in [4.78, 5) is 30.0. The van der Waals surface area contributed by atoms with Gasteiger partial charge in [-0.1, -0.05) is 6.07 Å². The van der Waals surface area contributed by atoms with Crippen LogP contribution in [0.15, 0.2) is 18.3 Å². The van der Waals surface area contributed by atoms with Crippen LogP contribution in [-0.4, -0.2) is 47.6 Å². The van der Waals surface area contributed by atoms with E-state index in [2.05, 4.69) is 10.3 Å². The summed E-state index contributed by atoms with van der Waals surface area (Å²) in [6.45, 7) is -0.250. The molecule has 0 aromatic carbocycles. The molecule has 0 unspecified atom stereocenters. The molecule has 1 aromatic heterocycles. The first-order valence-corrected chi connectivity index (χ1v) is 9.03. The Labute approximate surface area is 155 Å². The predicted molar refractivity (Wildman–Crippen MR) is 89.7 cm³/mol. The van der Waals surface area contributed by atoms with Gasteiger partial charge in [-0.3, -0.25) is 9.59 Å². The fraction of sp³-hybridized carbons (Fsp3) is 0.611. The summed E-state index contributed by atoms with van der Waals surface area (Å²) in [5.41, 5.74) is 0.386. The second-order valence-electron chi connectivity index (χ2n) is 6.96. The Bertz CT molecular complexity index is 684. The van der Waals surface area contributed by atoms with Crippen molar-refractivity contribution < 1.29 is 27.5 Å². The molecule has 0 radical (unpaired) electrons. The van der Waals surface area contributed by atoms with Crippen molar-refractivity contribution in [3.63, 3.8) is 0 Å². The number of ether oxygens (including phenoxy) is 1. The van der Waals surface area contributed by atoms with Crippen LogP contribution in [0.25, 0.3) is 0 Å². The fourth-order valence-corrected chi connectivity index (χ4v) is 3.12. The molecule has 9 heteroatoms. The van der Waals surface area contributed by atoms with Crippen LogP contribution in [0, 0.1) is 11.8 Å². The highest BCUT2D eigenvalue weighted by Crippen LogP contribution is 2.32. The Balaban J connectivity index is 1.47. The summed E-state index contributed by atoms with van der Waals surface area (Å²) in [5, 5.41) is 2.74. The molecule has 6 nitrogen and oxygen atoms in total. The number of carbonyl (C=O) groups excluding carboxylic acids is 2. The van der Waals surface area contributed by atoms with E-state index in [1.807, 2.05) is 4.90 Å². The largest absolute Gasteiger partial charge is 0.468 e. The van der Waals surface area contributed by atoms with Gasteiger partial charge in [-0.2, -0.15) is 13.2 Å². The van der Waals surface area contributed by atoms with E-state index in [4.69, 9.17) is 4.74 Å². The zero-order chi connectivity index (χ0) is 19.4. The van der Waals surface area contributed by atoms with Gasteiger partial charge in [0, 0.05) is 43.2 Å². The topological polar surface area (TPSA) is 71.5 Å². The quantitative estimate of drug-likeness (QED) is 0.816. The van der Waals surface area contributed by atoms with Crippen LogP contribution in [0.5, 0.6) is 5.88 Å². The highest BCUT2D eigenvalue weighted by atomic mass is 19.4. The number of likely N-dealkylation sites (tertiary alicyclic amines) is 1. The molecule has 0 spiro atoms. The van der Waals surface area contributed by atoms with Gasteiger partial charge in [0.1, 0.15) is 0 Å². The molecule has 0 bridgehead atoms. The molecular formula is C18H22F3N3O3. The van der Waals surface area contributed by atoms with Crippen molar-refractivity contribution >= 4 is 11.8 Å². The molecule has 2 aliphatic rings. The maximum absolute atomic E-state index is 12.4. The number of aromatic nitrogens is 1. The summed E-state index contributed by atoms with van der Waals surface area (Å²) in [7, 11) is 0. The average molecular weight is 385 g/mol. The number of halogens is 3. The van der Waals surface area contributed by atoms with E-state index in [1.165, 1.54) is 6.20 Å². The number of nitrogens with zero attached hydrogens (tertiary/aromatic N) is 2. The summed E-state index contributed by atoms with van der Waals surface area (Å²) in [6, 6.07) is 3.14. The first-order valence-electron chi connectivity index (χ1n) is 9.03. The van der Waals surface area contributed by atoms with Gasteiger partial charge in [-0.05, 0) is 31.7 Å². The lowest BCUT2D eigenvalue weighted by Gasteiger charge is -2.31. The molecule has 1 aliphatic carbocycles. The lowest BCUT2D eigenvalue weighted by molar-refractivity contribution is -0.154. The van der Waals surface area contributed by atoms with Gasteiger partial charge >= 0.3 is 6.18 Å². The van der Waals surface area contributed by atoms with Crippen LogP contribution in [0.3, 0.4) is 0 Å². The molecule has 148 valence electrons. The van der Waals surface area contributed by atoms with E-state index in [0.717, 1.165) is 12.8 Å². The molecule has 3 rings (SSSR count). The Morgan fingerprint density at radius 2 is 1.89 bits per heavy atom. The lowest BCUT2D eigenvalue weighted by atomic mass is 9.95. The van der Waals surface area contributed by atoms with Crippen molar-refractivity contribution in [2.75, 3.05) is 19.7 Å². The minimum atomic E-state index is -4.45. The second-order valence-corrected chi connectivity index (χ2v) is 6.96. The first-order chi connectivity index (χ1) is 12.8. The third kappa shape index (κ3) is 5.58. The van der Waals surface area contributed by atoms with Crippen LogP contribution < -0.4 is 10.1 Å². The third-order valence-electron chi connectivity index (χ3n) is 4.78. The molecule has 1 saturated heterocycles. The maximum atomic E-state index is 12.4. The maximum Gasteiger partial charge on any atom is 0.422 e. The molecule has 0 atom stereocenters. The monoisotopic (exact) mass is 385 g/mol. The van der Waals surface area contributed by atoms with Gasteiger partial charge in [0.25, 0.3) is 0 Å². The van der Waals surface area contributed by atoms with E-state index >= 15 is 0 Å². The minimum Gasteiger partial charge on any atom is -0.468 e. The second kappa shape index (κ2) is 8.14. The SMILES string of the molecule is O=C(NCc1cccnc1OCC(F)(F)F)C1CCN(C(=O)C2CC2)CC1. The van der Waals surface area contributed by atoms with Crippen molar-refractivity contribution in [2.45, 2.75) is 38.4 Å². The van der Waals surface area contributed by atoms with Gasteiger partial charge in [0.2, 0.25) is 17.7 Å².